The second-order valence-corrected chi connectivity index (χ2v) is 5.10. The number of hydrogen-bond donors (Lipinski definition) is 0. The summed E-state index contributed by atoms with van der Waals surface area (Å²) < 4.78 is 10.8. The molecule has 2 fully saturated rings. The van der Waals surface area contributed by atoms with Crippen LogP contribution in [0.2, 0.25) is 0 Å². The van der Waals surface area contributed by atoms with Crippen LogP contribution in [0.5, 0.6) is 0 Å². The van der Waals surface area contributed by atoms with Gasteiger partial charge in [-0.25, -0.2) is 0 Å². The van der Waals surface area contributed by atoms with Crippen LogP contribution in [0.3, 0.4) is 0 Å². The number of carbonyl (C=O) groups is 1. The second kappa shape index (κ2) is 4.86. The molecule has 3 rings (SSSR count). The third-order valence-corrected chi connectivity index (χ3v) is 3.87. The van der Waals surface area contributed by atoms with Gasteiger partial charge in [0.2, 0.25) is 0 Å². The molecular formula is C14H13BrO3. The van der Waals surface area contributed by atoms with Gasteiger partial charge in [-0.05, 0) is 12.0 Å². The summed E-state index contributed by atoms with van der Waals surface area (Å²) in [6, 6.07) is 10.1. The second-order valence-electron chi connectivity index (χ2n) is 4.64. The Hall–Kier alpha value is -1.13. The van der Waals surface area contributed by atoms with Gasteiger partial charge in [0.25, 0.3) is 0 Å². The average molecular weight is 309 g/mol. The molecule has 0 amide bonds. The molecule has 0 radical (unpaired) electrons. The van der Waals surface area contributed by atoms with Gasteiger partial charge in [-0.3, -0.25) is 4.79 Å². The molecule has 18 heavy (non-hydrogen) atoms. The van der Waals surface area contributed by atoms with Crippen molar-refractivity contribution < 1.29 is 14.3 Å². The van der Waals surface area contributed by atoms with E-state index in [9.17, 15) is 4.79 Å². The van der Waals surface area contributed by atoms with Crippen LogP contribution >= 0.6 is 15.9 Å². The molecule has 1 aromatic rings. The number of epoxide rings is 1. The van der Waals surface area contributed by atoms with E-state index in [1.54, 1.807) is 4.99 Å². The Labute approximate surface area is 114 Å². The minimum atomic E-state index is -0.136. The number of benzene rings is 1. The Kier molecular flexibility index (Phi) is 3.22. The molecule has 3 unspecified atom stereocenters. The number of rotatable bonds is 3. The van der Waals surface area contributed by atoms with Crippen molar-refractivity contribution in [3.8, 4) is 0 Å². The standard InChI is InChI=1S/C14H13BrO3/c15-8-11-6-10(14(16)17-11)7-12-13(18-12)9-4-2-1-3-5-9/h1-5,8,10,12-13H,6-7H2/b11-8+. The zero-order valence-electron chi connectivity index (χ0n) is 9.71. The van der Waals surface area contributed by atoms with Gasteiger partial charge in [-0.1, -0.05) is 46.3 Å². The lowest BCUT2D eigenvalue weighted by molar-refractivity contribution is -0.139. The number of allylic oxidation sites excluding steroid dienone is 1. The van der Waals surface area contributed by atoms with Gasteiger partial charge in [0.15, 0.2) is 0 Å². The van der Waals surface area contributed by atoms with Crippen molar-refractivity contribution in [3.63, 3.8) is 0 Å². The lowest BCUT2D eigenvalue weighted by atomic mass is 9.98. The first-order chi connectivity index (χ1) is 8.78. The number of ether oxygens (including phenoxy) is 2. The molecule has 2 heterocycles. The van der Waals surface area contributed by atoms with Gasteiger partial charge in [0, 0.05) is 11.4 Å². The maximum atomic E-state index is 11.6. The van der Waals surface area contributed by atoms with E-state index < -0.39 is 0 Å². The molecule has 1 aromatic carbocycles. The molecule has 4 heteroatoms. The van der Waals surface area contributed by atoms with Gasteiger partial charge < -0.3 is 9.47 Å². The molecule has 2 aliphatic heterocycles. The molecule has 0 saturated carbocycles. The van der Waals surface area contributed by atoms with E-state index in [1.807, 2.05) is 18.2 Å². The van der Waals surface area contributed by atoms with Crippen molar-refractivity contribution in [2.45, 2.75) is 25.0 Å². The Morgan fingerprint density at radius 1 is 1.33 bits per heavy atom. The quantitative estimate of drug-likeness (QED) is 0.635. The van der Waals surface area contributed by atoms with E-state index in [2.05, 4.69) is 28.1 Å². The summed E-state index contributed by atoms with van der Waals surface area (Å²) in [5.41, 5.74) is 1.19. The van der Waals surface area contributed by atoms with Crippen molar-refractivity contribution in [2.75, 3.05) is 0 Å². The SMILES string of the molecule is O=C1O/C(=C/Br)CC1CC1OC1c1ccccc1. The summed E-state index contributed by atoms with van der Waals surface area (Å²) in [6.07, 6.45) is 1.71. The van der Waals surface area contributed by atoms with Crippen molar-refractivity contribution in [1.82, 2.24) is 0 Å². The third kappa shape index (κ3) is 2.35. The van der Waals surface area contributed by atoms with E-state index >= 15 is 0 Å². The molecule has 0 aliphatic carbocycles. The van der Waals surface area contributed by atoms with Crippen LogP contribution in [0.4, 0.5) is 0 Å². The average Bonchev–Trinajstić information content (AvgIpc) is 3.08. The summed E-state index contributed by atoms with van der Waals surface area (Å²) in [4.78, 5) is 13.3. The normalized spacial score (nSPS) is 32.6. The highest BCUT2D eigenvalue weighted by Crippen LogP contribution is 2.44. The van der Waals surface area contributed by atoms with Gasteiger partial charge in [-0.2, -0.15) is 0 Å². The first-order valence-electron chi connectivity index (χ1n) is 5.99. The molecule has 2 saturated heterocycles. The van der Waals surface area contributed by atoms with E-state index in [0.29, 0.717) is 12.2 Å². The van der Waals surface area contributed by atoms with Crippen molar-refractivity contribution in [1.29, 1.82) is 0 Å². The zero-order chi connectivity index (χ0) is 12.5. The monoisotopic (exact) mass is 308 g/mol. The van der Waals surface area contributed by atoms with Crippen LogP contribution in [0, 0.1) is 5.92 Å². The van der Waals surface area contributed by atoms with Gasteiger partial charge in [0.1, 0.15) is 11.9 Å². The van der Waals surface area contributed by atoms with Crippen molar-refractivity contribution in [3.05, 3.63) is 46.6 Å². The predicted molar refractivity (Wildman–Crippen MR) is 69.9 cm³/mol. The minimum Gasteiger partial charge on any atom is -0.430 e. The van der Waals surface area contributed by atoms with Crippen LogP contribution in [-0.4, -0.2) is 12.1 Å². The topological polar surface area (TPSA) is 38.8 Å². The Morgan fingerprint density at radius 3 is 2.78 bits per heavy atom. The predicted octanol–water partition coefficient (Wildman–Crippen LogP) is 3.32. The Morgan fingerprint density at radius 2 is 2.11 bits per heavy atom. The molecule has 2 aliphatic rings. The summed E-state index contributed by atoms with van der Waals surface area (Å²) in [5, 5.41) is 0. The van der Waals surface area contributed by atoms with E-state index in [4.69, 9.17) is 9.47 Å². The first-order valence-corrected chi connectivity index (χ1v) is 6.91. The maximum absolute atomic E-state index is 11.6. The molecule has 0 bridgehead atoms. The van der Waals surface area contributed by atoms with Crippen molar-refractivity contribution >= 4 is 21.9 Å². The Bertz CT molecular complexity index is 483. The summed E-state index contributed by atoms with van der Waals surface area (Å²) >= 11 is 3.19. The van der Waals surface area contributed by atoms with E-state index in [-0.39, 0.29) is 24.1 Å². The van der Waals surface area contributed by atoms with Gasteiger partial charge in [-0.15, -0.1) is 0 Å². The molecule has 0 N–H and O–H groups in total. The fourth-order valence-electron chi connectivity index (χ4n) is 2.37. The van der Waals surface area contributed by atoms with Crippen LogP contribution in [0.15, 0.2) is 41.1 Å². The number of halogens is 1. The molecule has 3 atom stereocenters. The van der Waals surface area contributed by atoms with E-state index in [0.717, 1.165) is 6.42 Å². The molecule has 0 aromatic heterocycles. The van der Waals surface area contributed by atoms with E-state index in [1.165, 1.54) is 5.56 Å². The molecule has 0 spiro atoms. The van der Waals surface area contributed by atoms with Gasteiger partial charge in [0.05, 0.1) is 12.0 Å². The van der Waals surface area contributed by atoms with Crippen LogP contribution in [0.1, 0.15) is 24.5 Å². The fourth-order valence-corrected chi connectivity index (χ4v) is 2.65. The first kappa shape index (κ1) is 11.9. The zero-order valence-corrected chi connectivity index (χ0v) is 11.3. The smallest absolute Gasteiger partial charge is 0.314 e. The summed E-state index contributed by atoms with van der Waals surface area (Å²) in [5.74, 6) is 0.512. The highest BCUT2D eigenvalue weighted by molar-refractivity contribution is 9.11. The molecule has 94 valence electrons. The van der Waals surface area contributed by atoms with Crippen LogP contribution in [-0.2, 0) is 14.3 Å². The number of hydrogen-bond acceptors (Lipinski definition) is 3. The lowest BCUT2D eigenvalue weighted by Crippen LogP contribution is -2.10. The lowest BCUT2D eigenvalue weighted by Gasteiger charge is -2.00. The fraction of sp³-hybridized carbons (Fsp3) is 0.357. The number of esters is 1. The summed E-state index contributed by atoms with van der Waals surface area (Å²) in [7, 11) is 0. The van der Waals surface area contributed by atoms with Crippen LogP contribution in [0.25, 0.3) is 0 Å². The third-order valence-electron chi connectivity index (χ3n) is 3.36. The summed E-state index contributed by atoms with van der Waals surface area (Å²) in [6.45, 7) is 0. The molecule has 3 nitrogen and oxygen atoms in total. The highest BCUT2D eigenvalue weighted by Gasteiger charge is 2.44. The number of carbonyl (C=O) groups excluding carboxylic acids is 1. The molecular weight excluding hydrogens is 296 g/mol. The minimum absolute atomic E-state index is 0.0625. The van der Waals surface area contributed by atoms with Gasteiger partial charge >= 0.3 is 5.97 Å². The Balaban J connectivity index is 1.59. The number of cyclic esters (lactones) is 1. The van der Waals surface area contributed by atoms with Crippen LogP contribution < -0.4 is 0 Å². The largest absolute Gasteiger partial charge is 0.430 e. The highest BCUT2D eigenvalue weighted by atomic mass is 79.9. The van der Waals surface area contributed by atoms with Crippen molar-refractivity contribution in [2.24, 2.45) is 5.92 Å². The maximum Gasteiger partial charge on any atom is 0.314 e.